The van der Waals surface area contributed by atoms with E-state index in [-0.39, 0.29) is 18.8 Å². The maximum Gasteiger partial charge on any atom is 0.306 e. The molecule has 0 spiro atoms. The minimum absolute atomic E-state index is 0.0677. The summed E-state index contributed by atoms with van der Waals surface area (Å²) in [6, 6.07) is 16.4. The molecule has 1 atom stereocenters. The molecule has 198 valence electrons. The van der Waals surface area contributed by atoms with Crippen LogP contribution in [0.3, 0.4) is 0 Å². The molecule has 37 heavy (non-hydrogen) atoms. The molecule has 1 heterocycles. The van der Waals surface area contributed by atoms with Gasteiger partial charge in [-0.25, -0.2) is 13.4 Å². The molecule has 8 nitrogen and oxygen atoms in total. The first-order chi connectivity index (χ1) is 17.6. The van der Waals surface area contributed by atoms with E-state index in [0.717, 1.165) is 22.3 Å². The lowest BCUT2D eigenvalue weighted by molar-refractivity contribution is -0.140. The van der Waals surface area contributed by atoms with Crippen LogP contribution in [0, 0.1) is 0 Å². The monoisotopic (exact) mass is 547 g/mol. The number of hydrogen-bond acceptors (Lipinski definition) is 7. The summed E-state index contributed by atoms with van der Waals surface area (Å²) in [4.78, 5) is 15.4. The number of nitrogens with zero attached hydrogens (tertiary/aromatic N) is 1. The van der Waals surface area contributed by atoms with Crippen LogP contribution in [0.5, 0.6) is 11.6 Å². The van der Waals surface area contributed by atoms with Gasteiger partial charge in [-0.2, -0.15) is 0 Å². The van der Waals surface area contributed by atoms with Gasteiger partial charge in [0.25, 0.3) is 0 Å². The van der Waals surface area contributed by atoms with Crippen molar-refractivity contribution in [1.29, 1.82) is 0 Å². The molecule has 0 amide bonds. The number of sulfone groups is 1. The van der Waals surface area contributed by atoms with E-state index < -0.39 is 21.9 Å². The minimum atomic E-state index is -3.01. The van der Waals surface area contributed by atoms with Crippen LogP contribution in [0.1, 0.15) is 37.0 Å². The van der Waals surface area contributed by atoms with Gasteiger partial charge in [0.05, 0.1) is 24.9 Å². The molecule has 3 aromatic rings. The summed E-state index contributed by atoms with van der Waals surface area (Å²) in [7, 11) is -3.01. The number of carboxylic acids is 1. The Morgan fingerprint density at radius 3 is 2.46 bits per heavy atom. The third kappa shape index (κ3) is 9.35. The van der Waals surface area contributed by atoms with Gasteiger partial charge < -0.3 is 19.3 Å². The summed E-state index contributed by atoms with van der Waals surface area (Å²) >= 11 is 6.43. The number of benzene rings is 2. The second-order valence-electron chi connectivity index (χ2n) is 8.43. The summed E-state index contributed by atoms with van der Waals surface area (Å²) in [5.74, 6) is 0.202. The molecule has 0 aliphatic rings. The Bertz CT molecular complexity index is 1280. The normalized spacial score (nSPS) is 12.2. The van der Waals surface area contributed by atoms with Crippen LogP contribution in [0.4, 0.5) is 0 Å². The van der Waals surface area contributed by atoms with E-state index >= 15 is 0 Å². The zero-order valence-corrected chi connectivity index (χ0v) is 22.3. The Kier molecular flexibility index (Phi) is 10.3. The van der Waals surface area contributed by atoms with Gasteiger partial charge >= 0.3 is 5.97 Å². The fourth-order valence-electron chi connectivity index (χ4n) is 3.58. The van der Waals surface area contributed by atoms with E-state index in [2.05, 4.69) is 4.98 Å². The molecule has 0 unspecified atom stereocenters. The second kappa shape index (κ2) is 13.4. The van der Waals surface area contributed by atoms with Crippen LogP contribution >= 0.6 is 11.6 Å². The lowest BCUT2D eigenvalue weighted by atomic mass is 10.0. The van der Waals surface area contributed by atoms with E-state index in [4.69, 9.17) is 30.9 Å². The maximum absolute atomic E-state index is 11.2. The zero-order valence-electron chi connectivity index (χ0n) is 20.7. The number of pyridine rings is 1. The molecule has 0 radical (unpaired) electrons. The molecule has 0 fully saturated rings. The standard InChI is InChI=1S/C27H30ClNO7S/c1-3-34-25(16-27(30)31)20-6-9-22(10-7-20)36-18-19-5-11-24(28)23(15-19)21-8-12-26(29-17-21)35-13-4-14-37(2,32)33/h5-12,15,17,25H,3-4,13-14,16,18H2,1-2H3,(H,30,31)/t25-/m0/s1. The van der Waals surface area contributed by atoms with Crippen molar-refractivity contribution >= 4 is 27.4 Å². The Morgan fingerprint density at radius 2 is 1.84 bits per heavy atom. The topological polar surface area (TPSA) is 112 Å². The third-order valence-electron chi connectivity index (χ3n) is 5.37. The van der Waals surface area contributed by atoms with Gasteiger partial charge in [0.15, 0.2) is 0 Å². The van der Waals surface area contributed by atoms with Crippen LogP contribution in [-0.4, -0.2) is 49.7 Å². The average Bonchev–Trinajstić information content (AvgIpc) is 2.86. The van der Waals surface area contributed by atoms with Crippen molar-refractivity contribution < 1.29 is 32.5 Å². The lowest BCUT2D eigenvalue weighted by Crippen LogP contribution is -2.10. The van der Waals surface area contributed by atoms with Crippen molar-refractivity contribution in [2.24, 2.45) is 0 Å². The van der Waals surface area contributed by atoms with Crippen LogP contribution in [0.2, 0.25) is 5.02 Å². The first kappa shape index (κ1) is 28.4. The first-order valence-corrected chi connectivity index (χ1v) is 14.2. The van der Waals surface area contributed by atoms with Crippen molar-refractivity contribution in [2.75, 3.05) is 25.2 Å². The molecule has 10 heteroatoms. The quantitative estimate of drug-likeness (QED) is 0.269. The number of hydrogen-bond donors (Lipinski definition) is 1. The largest absolute Gasteiger partial charge is 0.489 e. The number of aromatic nitrogens is 1. The molecule has 1 N–H and O–H groups in total. The highest BCUT2D eigenvalue weighted by Crippen LogP contribution is 2.30. The minimum Gasteiger partial charge on any atom is -0.489 e. The van der Waals surface area contributed by atoms with Gasteiger partial charge in [-0.1, -0.05) is 29.8 Å². The fraction of sp³-hybridized carbons (Fsp3) is 0.333. The van der Waals surface area contributed by atoms with Gasteiger partial charge in [0.1, 0.15) is 22.2 Å². The van der Waals surface area contributed by atoms with Crippen molar-refractivity contribution in [1.82, 2.24) is 4.98 Å². The van der Waals surface area contributed by atoms with Gasteiger partial charge in [0.2, 0.25) is 5.88 Å². The predicted octanol–water partition coefficient (Wildman–Crippen LogP) is 5.35. The summed E-state index contributed by atoms with van der Waals surface area (Å²) in [6.07, 6.45) is 2.64. The highest BCUT2D eigenvalue weighted by Gasteiger charge is 2.16. The van der Waals surface area contributed by atoms with Crippen LogP contribution in [-0.2, 0) is 26.0 Å². The number of halogens is 1. The van der Waals surface area contributed by atoms with Crippen LogP contribution < -0.4 is 9.47 Å². The van der Waals surface area contributed by atoms with E-state index in [1.807, 2.05) is 37.3 Å². The SMILES string of the molecule is CCO[C@@H](CC(=O)O)c1ccc(OCc2ccc(Cl)c(-c3ccc(OCCCS(C)(=O)=O)nc3)c2)cc1. The van der Waals surface area contributed by atoms with Gasteiger partial charge in [-0.15, -0.1) is 0 Å². The third-order valence-corrected chi connectivity index (χ3v) is 6.73. The lowest BCUT2D eigenvalue weighted by Gasteiger charge is -2.16. The maximum atomic E-state index is 11.2. The van der Waals surface area contributed by atoms with Gasteiger partial charge in [-0.3, -0.25) is 4.79 Å². The van der Waals surface area contributed by atoms with Crippen LogP contribution in [0.25, 0.3) is 11.1 Å². The molecule has 0 aliphatic carbocycles. The van der Waals surface area contributed by atoms with Crippen molar-refractivity contribution in [3.8, 4) is 22.8 Å². The average molecular weight is 548 g/mol. The summed E-state index contributed by atoms with van der Waals surface area (Å²) in [5, 5.41) is 9.67. The molecule has 1 aromatic heterocycles. The Labute approximate surface area is 222 Å². The van der Waals surface area contributed by atoms with Crippen LogP contribution in [0.15, 0.2) is 60.8 Å². The summed E-state index contributed by atoms with van der Waals surface area (Å²) in [5.41, 5.74) is 3.28. The Hall–Kier alpha value is -3.14. The Balaban J connectivity index is 1.61. The Morgan fingerprint density at radius 1 is 1.08 bits per heavy atom. The van der Waals surface area contributed by atoms with Crippen molar-refractivity contribution in [3.05, 3.63) is 76.9 Å². The van der Waals surface area contributed by atoms with Gasteiger partial charge in [0, 0.05) is 41.3 Å². The molecule has 3 rings (SSSR count). The number of carboxylic acid groups (broad SMARTS) is 1. The number of aliphatic carboxylic acids is 1. The van der Waals surface area contributed by atoms with Gasteiger partial charge in [-0.05, 0) is 54.8 Å². The number of rotatable bonds is 14. The van der Waals surface area contributed by atoms with E-state index in [1.165, 1.54) is 6.26 Å². The molecular formula is C27H30ClNO7S. The smallest absolute Gasteiger partial charge is 0.306 e. The highest BCUT2D eigenvalue weighted by atomic mass is 35.5. The van der Waals surface area contributed by atoms with E-state index in [0.29, 0.717) is 36.3 Å². The van der Waals surface area contributed by atoms with Crippen molar-refractivity contribution in [2.45, 2.75) is 32.5 Å². The molecule has 0 bridgehead atoms. The van der Waals surface area contributed by atoms with E-state index in [1.54, 1.807) is 30.5 Å². The van der Waals surface area contributed by atoms with Crippen molar-refractivity contribution in [3.63, 3.8) is 0 Å². The highest BCUT2D eigenvalue weighted by molar-refractivity contribution is 7.90. The zero-order chi connectivity index (χ0) is 26.8. The molecular weight excluding hydrogens is 518 g/mol. The summed E-state index contributed by atoms with van der Waals surface area (Å²) < 4.78 is 39.4. The second-order valence-corrected chi connectivity index (χ2v) is 11.1. The molecule has 2 aromatic carbocycles. The molecule has 0 saturated carbocycles. The summed E-state index contributed by atoms with van der Waals surface area (Å²) in [6.45, 7) is 2.82. The van der Waals surface area contributed by atoms with E-state index in [9.17, 15) is 13.2 Å². The number of ether oxygens (including phenoxy) is 3. The first-order valence-electron chi connectivity index (χ1n) is 11.8. The predicted molar refractivity (Wildman–Crippen MR) is 142 cm³/mol. The molecule has 0 saturated heterocycles. The fourth-order valence-corrected chi connectivity index (χ4v) is 4.45. The molecule has 0 aliphatic heterocycles. The number of carbonyl (C=O) groups is 1.